The van der Waals surface area contributed by atoms with Crippen molar-refractivity contribution in [2.75, 3.05) is 0 Å². The minimum Gasteiger partial charge on any atom is -0.300 e. The fraction of sp³-hybridized carbons (Fsp3) is 0.905. The van der Waals surface area contributed by atoms with Crippen LogP contribution in [0.2, 0.25) is 0 Å². The van der Waals surface area contributed by atoms with Gasteiger partial charge < -0.3 is 0 Å². The van der Waals surface area contributed by atoms with E-state index in [4.69, 9.17) is 0 Å². The normalized spacial score (nSPS) is 52.5. The van der Waals surface area contributed by atoms with Gasteiger partial charge in [0.1, 0.15) is 11.6 Å². The smallest absolute Gasteiger partial charge is 0.133 e. The standard InChI is InChI=1S/C21H32O2/c1-13(22)17-8-9-18-16-7-5-14-4-6-15(23)12-21(14,3)19(16)10-11-20(17,18)2/h14,16-19H,4-12H2,1-3H3/t14?,16-,17+,18-,19-,20+,21-/m0/s1. The monoisotopic (exact) mass is 316 g/mol. The van der Waals surface area contributed by atoms with Crippen molar-refractivity contribution in [3.8, 4) is 0 Å². The summed E-state index contributed by atoms with van der Waals surface area (Å²) in [7, 11) is 0. The molecule has 4 aliphatic carbocycles. The zero-order chi connectivity index (χ0) is 16.4. The van der Waals surface area contributed by atoms with Gasteiger partial charge in [-0.15, -0.1) is 0 Å². The SMILES string of the molecule is CC(=O)[C@H]1CC[C@H]2[C@@H]3CCC4CCC(=O)C[C@]4(C)[C@H]3CC[C@]12C. The van der Waals surface area contributed by atoms with Crippen LogP contribution in [0.15, 0.2) is 0 Å². The van der Waals surface area contributed by atoms with E-state index in [-0.39, 0.29) is 10.8 Å². The van der Waals surface area contributed by atoms with E-state index >= 15 is 0 Å². The maximum absolute atomic E-state index is 12.2. The molecule has 0 N–H and O–H groups in total. The Morgan fingerprint density at radius 3 is 2.43 bits per heavy atom. The molecule has 7 atom stereocenters. The van der Waals surface area contributed by atoms with Crippen molar-refractivity contribution < 1.29 is 9.59 Å². The average Bonchev–Trinajstić information content (AvgIpc) is 2.83. The molecular formula is C21H32O2. The lowest BCUT2D eigenvalue weighted by molar-refractivity contribution is -0.143. The summed E-state index contributed by atoms with van der Waals surface area (Å²) in [6.45, 7) is 6.65. The molecule has 128 valence electrons. The summed E-state index contributed by atoms with van der Waals surface area (Å²) in [6.07, 6.45) is 10.3. The molecule has 0 heterocycles. The Morgan fingerprint density at radius 1 is 0.957 bits per heavy atom. The van der Waals surface area contributed by atoms with Gasteiger partial charge >= 0.3 is 0 Å². The Balaban J connectivity index is 1.64. The van der Waals surface area contributed by atoms with Crippen LogP contribution in [0.4, 0.5) is 0 Å². The molecule has 1 unspecified atom stereocenters. The number of fused-ring (bicyclic) bond motifs is 5. The van der Waals surface area contributed by atoms with Crippen LogP contribution in [0, 0.1) is 40.4 Å². The molecule has 0 amide bonds. The number of hydrogen-bond donors (Lipinski definition) is 0. The quantitative estimate of drug-likeness (QED) is 0.696. The first-order chi connectivity index (χ1) is 10.9. The molecule has 0 bridgehead atoms. The highest BCUT2D eigenvalue weighted by Gasteiger charge is 2.60. The van der Waals surface area contributed by atoms with Gasteiger partial charge in [0.25, 0.3) is 0 Å². The molecule has 23 heavy (non-hydrogen) atoms. The average molecular weight is 316 g/mol. The summed E-state index contributed by atoms with van der Waals surface area (Å²) in [6, 6.07) is 0. The zero-order valence-corrected chi connectivity index (χ0v) is 15.1. The molecule has 0 spiro atoms. The van der Waals surface area contributed by atoms with Crippen LogP contribution in [0.5, 0.6) is 0 Å². The first kappa shape index (κ1) is 15.8. The first-order valence-corrected chi connectivity index (χ1v) is 9.88. The molecule has 0 aromatic heterocycles. The van der Waals surface area contributed by atoms with Gasteiger partial charge in [-0.25, -0.2) is 0 Å². The van der Waals surface area contributed by atoms with Crippen LogP contribution in [0.1, 0.15) is 78.6 Å². The lowest BCUT2D eigenvalue weighted by atomic mass is 9.44. The lowest BCUT2D eigenvalue weighted by Gasteiger charge is -2.60. The van der Waals surface area contributed by atoms with Crippen molar-refractivity contribution in [3.05, 3.63) is 0 Å². The molecule has 0 radical (unpaired) electrons. The van der Waals surface area contributed by atoms with Crippen LogP contribution in [-0.4, -0.2) is 11.6 Å². The van der Waals surface area contributed by atoms with Crippen molar-refractivity contribution in [2.45, 2.75) is 78.6 Å². The zero-order valence-electron chi connectivity index (χ0n) is 15.1. The second-order valence-electron chi connectivity index (χ2n) is 9.70. The summed E-state index contributed by atoms with van der Waals surface area (Å²) in [5, 5.41) is 0. The van der Waals surface area contributed by atoms with E-state index in [0.29, 0.717) is 17.5 Å². The second kappa shape index (κ2) is 5.17. The Morgan fingerprint density at radius 2 is 1.70 bits per heavy atom. The first-order valence-electron chi connectivity index (χ1n) is 9.88. The minimum atomic E-state index is 0.245. The van der Waals surface area contributed by atoms with Crippen LogP contribution < -0.4 is 0 Å². The molecule has 4 saturated carbocycles. The lowest BCUT2D eigenvalue weighted by Crippen LogP contribution is -2.54. The van der Waals surface area contributed by atoms with Crippen molar-refractivity contribution >= 4 is 11.6 Å². The molecule has 4 aliphatic rings. The number of carbonyl (C=O) groups excluding carboxylic acids is 2. The van der Waals surface area contributed by atoms with E-state index in [9.17, 15) is 9.59 Å². The van der Waals surface area contributed by atoms with Gasteiger partial charge in [-0.2, -0.15) is 0 Å². The van der Waals surface area contributed by atoms with Gasteiger partial charge in [-0.1, -0.05) is 13.8 Å². The number of Topliss-reactive ketones (excluding diaryl/α,β-unsaturated/α-hetero) is 2. The fourth-order valence-electron chi connectivity index (χ4n) is 7.80. The van der Waals surface area contributed by atoms with E-state index in [1.165, 1.54) is 32.1 Å². The highest BCUT2D eigenvalue weighted by atomic mass is 16.1. The van der Waals surface area contributed by atoms with Gasteiger partial charge in [-0.05, 0) is 86.4 Å². The molecule has 2 nitrogen and oxygen atoms in total. The largest absolute Gasteiger partial charge is 0.300 e. The third-order valence-corrected chi connectivity index (χ3v) is 8.91. The van der Waals surface area contributed by atoms with Gasteiger partial charge in [0, 0.05) is 18.8 Å². The van der Waals surface area contributed by atoms with Crippen molar-refractivity contribution in [1.82, 2.24) is 0 Å². The van der Waals surface area contributed by atoms with E-state index in [0.717, 1.165) is 49.4 Å². The predicted molar refractivity (Wildman–Crippen MR) is 90.9 cm³/mol. The summed E-state index contributed by atoms with van der Waals surface area (Å²) in [4.78, 5) is 24.3. The maximum atomic E-state index is 12.2. The molecule has 0 aliphatic heterocycles. The van der Waals surface area contributed by atoms with Gasteiger partial charge in [0.15, 0.2) is 0 Å². The van der Waals surface area contributed by atoms with Crippen LogP contribution in [0.25, 0.3) is 0 Å². The summed E-state index contributed by atoms with van der Waals surface area (Å²) in [5.41, 5.74) is 0.503. The molecule has 4 rings (SSSR count). The van der Waals surface area contributed by atoms with E-state index < -0.39 is 0 Å². The fourth-order valence-corrected chi connectivity index (χ4v) is 7.80. The number of carbonyl (C=O) groups is 2. The van der Waals surface area contributed by atoms with Gasteiger partial charge in [-0.3, -0.25) is 9.59 Å². The Kier molecular flexibility index (Phi) is 3.56. The highest BCUT2D eigenvalue weighted by molar-refractivity contribution is 5.80. The van der Waals surface area contributed by atoms with Crippen molar-refractivity contribution in [1.29, 1.82) is 0 Å². The van der Waals surface area contributed by atoms with E-state index in [1.807, 2.05) is 6.92 Å². The van der Waals surface area contributed by atoms with Crippen molar-refractivity contribution in [3.63, 3.8) is 0 Å². The second-order valence-corrected chi connectivity index (χ2v) is 9.70. The van der Waals surface area contributed by atoms with Crippen molar-refractivity contribution in [2.24, 2.45) is 40.4 Å². The van der Waals surface area contributed by atoms with Gasteiger partial charge in [0.05, 0.1) is 0 Å². The molecule has 0 saturated heterocycles. The molecular weight excluding hydrogens is 284 g/mol. The summed E-state index contributed by atoms with van der Waals surface area (Å²) < 4.78 is 0. The predicted octanol–water partition coefficient (Wildman–Crippen LogP) is 4.80. The molecule has 0 aromatic rings. The maximum Gasteiger partial charge on any atom is 0.133 e. The number of hydrogen-bond acceptors (Lipinski definition) is 2. The third kappa shape index (κ3) is 2.12. The summed E-state index contributed by atoms with van der Waals surface area (Å²) in [5.74, 6) is 4.22. The molecule has 0 aromatic carbocycles. The molecule has 4 fully saturated rings. The minimum absolute atomic E-state index is 0.245. The van der Waals surface area contributed by atoms with E-state index in [1.54, 1.807) is 0 Å². The van der Waals surface area contributed by atoms with Crippen LogP contribution in [0.3, 0.4) is 0 Å². The number of ketones is 2. The Bertz CT molecular complexity index is 538. The van der Waals surface area contributed by atoms with Crippen LogP contribution in [-0.2, 0) is 9.59 Å². The molecule has 2 heteroatoms. The summed E-state index contributed by atoms with van der Waals surface area (Å²) >= 11 is 0. The highest BCUT2D eigenvalue weighted by Crippen LogP contribution is 2.67. The number of rotatable bonds is 1. The van der Waals surface area contributed by atoms with Crippen LogP contribution >= 0.6 is 0 Å². The third-order valence-electron chi connectivity index (χ3n) is 8.91. The topological polar surface area (TPSA) is 34.1 Å². The van der Waals surface area contributed by atoms with E-state index in [2.05, 4.69) is 13.8 Å². The Hall–Kier alpha value is -0.660. The van der Waals surface area contributed by atoms with Gasteiger partial charge in [0.2, 0.25) is 0 Å². The Labute approximate surface area is 140 Å².